The summed E-state index contributed by atoms with van der Waals surface area (Å²) >= 11 is 1.75. The van der Waals surface area contributed by atoms with Crippen LogP contribution in [0.1, 0.15) is 22.0 Å². The normalized spacial score (nSPS) is 10.9. The van der Waals surface area contributed by atoms with Crippen LogP contribution in [0.2, 0.25) is 0 Å². The molecular weight excluding hydrogens is 192 g/mol. The molecule has 0 N–H and O–H groups in total. The smallest absolute Gasteiger partial charge is 0.194 e. The Bertz CT molecular complexity index is 427. The summed E-state index contributed by atoms with van der Waals surface area (Å²) in [5, 5.41) is 1.08. The van der Waals surface area contributed by atoms with Gasteiger partial charge in [0.25, 0.3) is 0 Å². The molecule has 0 amide bonds. The van der Waals surface area contributed by atoms with Crippen molar-refractivity contribution in [2.45, 2.75) is 27.7 Å². The van der Waals surface area contributed by atoms with E-state index >= 15 is 0 Å². The molecule has 0 aromatic carbocycles. The van der Waals surface area contributed by atoms with Crippen molar-refractivity contribution in [1.82, 2.24) is 9.55 Å². The topological polar surface area (TPSA) is 17.8 Å². The molecular formula is C11H14N2S. The van der Waals surface area contributed by atoms with Crippen molar-refractivity contribution in [2.75, 3.05) is 0 Å². The first-order chi connectivity index (χ1) is 6.59. The van der Waals surface area contributed by atoms with Gasteiger partial charge in [0.05, 0.1) is 5.69 Å². The summed E-state index contributed by atoms with van der Waals surface area (Å²) in [5.74, 6) is 0. The number of hydrogen-bond donors (Lipinski definition) is 0. The molecule has 3 heteroatoms. The van der Waals surface area contributed by atoms with Crippen LogP contribution < -0.4 is 0 Å². The van der Waals surface area contributed by atoms with Gasteiger partial charge in [-0.3, -0.25) is 4.57 Å². The zero-order chi connectivity index (χ0) is 10.3. The molecule has 0 spiro atoms. The molecule has 0 atom stereocenters. The average molecular weight is 206 g/mol. The Kier molecular flexibility index (Phi) is 2.19. The van der Waals surface area contributed by atoms with Crippen LogP contribution >= 0.6 is 11.3 Å². The van der Waals surface area contributed by atoms with E-state index in [4.69, 9.17) is 0 Å². The summed E-state index contributed by atoms with van der Waals surface area (Å²) in [6.45, 7) is 8.40. The molecule has 2 aromatic heterocycles. The summed E-state index contributed by atoms with van der Waals surface area (Å²) in [6, 6.07) is 4.25. The van der Waals surface area contributed by atoms with Gasteiger partial charge in [-0.05, 0) is 39.8 Å². The van der Waals surface area contributed by atoms with E-state index in [9.17, 15) is 0 Å². The van der Waals surface area contributed by atoms with Gasteiger partial charge in [0.2, 0.25) is 0 Å². The molecule has 2 nitrogen and oxygen atoms in total. The zero-order valence-electron chi connectivity index (χ0n) is 8.96. The van der Waals surface area contributed by atoms with E-state index in [1.807, 2.05) is 0 Å². The highest BCUT2D eigenvalue weighted by atomic mass is 32.1. The first kappa shape index (κ1) is 9.46. The van der Waals surface area contributed by atoms with Gasteiger partial charge < -0.3 is 0 Å². The van der Waals surface area contributed by atoms with Crippen molar-refractivity contribution in [3.63, 3.8) is 0 Å². The molecule has 0 bridgehead atoms. The van der Waals surface area contributed by atoms with Gasteiger partial charge in [-0.2, -0.15) is 0 Å². The number of hydrogen-bond acceptors (Lipinski definition) is 2. The van der Waals surface area contributed by atoms with Crippen molar-refractivity contribution in [1.29, 1.82) is 0 Å². The Morgan fingerprint density at radius 3 is 2.07 bits per heavy atom. The van der Waals surface area contributed by atoms with Crippen LogP contribution in [0.25, 0.3) is 5.13 Å². The molecule has 0 aliphatic rings. The van der Waals surface area contributed by atoms with Crippen molar-refractivity contribution in [3.8, 4) is 5.13 Å². The van der Waals surface area contributed by atoms with Crippen molar-refractivity contribution >= 4 is 11.3 Å². The molecule has 0 unspecified atom stereocenters. The second-order valence-corrected chi connectivity index (χ2v) is 4.77. The molecule has 0 aliphatic carbocycles. The summed E-state index contributed by atoms with van der Waals surface area (Å²) in [5.41, 5.74) is 3.63. The van der Waals surface area contributed by atoms with Gasteiger partial charge in [0.15, 0.2) is 5.13 Å². The highest BCUT2D eigenvalue weighted by Gasteiger charge is 2.09. The number of nitrogens with zero attached hydrogens (tertiary/aromatic N) is 2. The summed E-state index contributed by atoms with van der Waals surface area (Å²) in [4.78, 5) is 5.85. The largest absolute Gasteiger partial charge is 0.295 e. The fourth-order valence-electron chi connectivity index (χ4n) is 1.52. The number of aryl methyl sites for hydroxylation is 4. The minimum atomic E-state index is 1.08. The van der Waals surface area contributed by atoms with Crippen LogP contribution in [0.5, 0.6) is 0 Å². The van der Waals surface area contributed by atoms with Gasteiger partial charge in [0, 0.05) is 16.3 Å². The predicted molar refractivity (Wildman–Crippen MR) is 60.4 cm³/mol. The lowest BCUT2D eigenvalue weighted by Gasteiger charge is -2.03. The molecule has 0 saturated carbocycles. The Morgan fingerprint density at radius 2 is 1.64 bits per heavy atom. The molecule has 14 heavy (non-hydrogen) atoms. The van der Waals surface area contributed by atoms with E-state index in [1.165, 1.54) is 16.3 Å². The number of rotatable bonds is 1. The van der Waals surface area contributed by atoms with Crippen LogP contribution in [-0.4, -0.2) is 9.55 Å². The van der Waals surface area contributed by atoms with Crippen LogP contribution in [0.4, 0.5) is 0 Å². The monoisotopic (exact) mass is 206 g/mol. The third-order valence-electron chi connectivity index (χ3n) is 2.48. The van der Waals surface area contributed by atoms with Gasteiger partial charge in [-0.25, -0.2) is 4.98 Å². The van der Waals surface area contributed by atoms with Gasteiger partial charge >= 0.3 is 0 Å². The lowest BCUT2D eigenvalue weighted by molar-refractivity contribution is 0.942. The molecule has 0 saturated heterocycles. The molecule has 0 aliphatic heterocycles. The first-order valence-corrected chi connectivity index (χ1v) is 5.50. The van der Waals surface area contributed by atoms with Crippen LogP contribution in [0, 0.1) is 27.7 Å². The number of thiazole rings is 1. The molecule has 0 fully saturated rings. The van der Waals surface area contributed by atoms with Crippen LogP contribution in [0.3, 0.4) is 0 Å². The van der Waals surface area contributed by atoms with E-state index in [0.717, 1.165) is 10.8 Å². The standard InChI is InChI=1S/C11H14N2S/c1-7-5-6-8(2)13(7)11-12-9(3)10(4)14-11/h5-6H,1-4H3. The molecule has 2 aromatic rings. The van der Waals surface area contributed by atoms with Gasteiger partial charge in [0.1, 0.15) is 0 Å². The Hall–Kier alpha value is -1.09. The highest BCUT2D eigenvalue weighted by Crippen LogP contribution is 2.23. The third-order valence-corrected chi connectivity index (χ3v) is 3.54. The second-order valence-electron chi connectivity index (χ2n) is 3.59. The van der Waals surface area contributed by atoms with E-state index in [0.29, 0.717) is 0 Å². The van der Waals surface area contributed by atoms with Gasteiger partial charge in [-0.15, -0.1) is 11.3 Å². The fourth-order valence-corrected chi connectivity index (χ4v) is 2.55. The zero-order valence-corrected chi connectivity index (χ0v) is 9.77. The summed E-state index contributed by atoms with van der Waals surface area (Å²) in [6.07, 6.45) is 0. The lowest BCUT2D eigenvalue weighted by atomic mass is 10.4. The Morgan fingerprint density at radius 1 is 1.07 bits per heavy atom. The van der Waals surface area contributed by atoms with Gasteiger partial charge in [-0.1, -0.05) is 0 Å². The maximum Gasteiger partial charge on any atom is 0.194 e. The van der Waals surface area contributed by atoms with E-state index in [1.54, 1.807) is 11.3 Å². The van der Waals surface area contributed by atoms with Crippen molar-refractivity contribution in [2.24, 2.45) is 0 Å². The first-order valence-electron chi connectivity index (χ1n) is 4.69. The second kappa shape index (κ2) is 3.24. The summed E-state index contributed by atoms with van der Waals surface area (Å²) in [7, 11) is 0. The molecule has 0 radical (unpaired) electrons. The highest BCUT2D eigenvalue weighted by molar-refractivity contribution is 7.14. The summed E-state index contributed by atoms with van der Waals surface area (Å²) < 4.78 is 2.20. The van der Waals surface area contributed by atoms with E-state index in [2.05, 4.69) is 49.4 Å². The number of aromatic nitrogens is 2. The Labute approximate surface area is 88.2 Å². The predicted octanol–water partition coefficient (Wildman–Crippen LogP) is 3.17. The van der Waals surface area contributed by atoms with Crippen LogP contribution in [0.15, 0.2) is 12.1 Å². The van der Waals surface area contributed by atoms with Crippen molar-refractivity contribution < 1.29 is 0 Å². The third kappa shape index (κ3) is 1.38. The molecule has 74 valence electrons. The lowest BCUT2D eigenvalue weighted by Crippen LogP contribution is -1.97. The molecule has 2 rings (SSSR count). The average Bonchev–Trinajstić information content (AvgIpc) is 2.59. The van der Waals surface area contributed by atoms with E-state index in [-0.39, 0.29) is 0 Å². The molecule has 2 heterocycles. The minimum absolute atomic E-state index is 1.08. The van der Waals surface area contributed by atoms with E-state index < -0.39 is 0 Å². The SMILES string of the molecule is Cc1nc(-n2c(C)ccc2C)sc1C. The Balaban J connectivity index is 2.59. The van der Waals surface area contributed by atoms with Crippen molar-refractivity contribution in [3.05, 3.63) is 34.1 Å². The van der Waals surface area contributed by atoms with Crippen LogP contribution in [-0.2, 0) is 0 Å². The quantitative estimate of drug-likeness (QED) is 0.700. The maximum absolute atomic E-state index is 4.56. The minimum Gasteiger partial charge on any atom is -0.295 e. The maximum atomic E-state index is 4.56. The fraction of sp³-hybridized carbons (Fsp3) is 0.364.